The van der Waals surface area contributed by atoms with E-state index in [2.05, 4.69) is 35.9 Å². The van der Waals surface area contributed by atoms with Crippen molar-refractivity contribution in [1.82, 2.24) is 9.56 Å². The maximum atomic E-state index is 12.6. The second-order valence-electron chi connectivity index (χ2n) is 14.8. The molecule has 0 aliphatic rings. The average molecular weight is 922 g/mol. The Balaban J connectivity index is 1.64. The number of aliphatic hydroxyl groups excluding tert-OH is 1. The number of rotatable bonds is 26. The highest BCUT2D eigenvalue weighted by molar-refractivity contribution is 8.04. The minimum atomic E-state index is -3.71. The van der Waals surface area contributed by atoms with Gasteiger partial charge in [-0.25, -0.2) is 0 Å². The fourth-order valence-electron chi connectivity index (χ4n) is 6.14. The first-order valence-electron chi connectivity index (χ1n) is 19.9. The Hall–Kier alpha value is -3.28. The highest BCUT2D eigenvalue weighted by atomic mass is 32.4. The maximum absolute atomic E-state index is 12.6. The van der Waals surface area contributed by atoms with Crippen LogP contribution in [-0.4, -0.2) is 71.8 Å². The number of hydrazone groups is 2. The van der Waals surface area contributed by atoms with E-state index in [9.17, 15) is 9.67 Å². The first-order valence-corrected chi connectivity index (χ1v) is 26.7. The van der Waals surface area contributed by atoms with E-state index in [0.29, 0.717) is 35.7 Å². The Morgan fingerprint density at radius 1 is 0.750 bits per heavy atom. The van der Waals surface area contributed by atoms with Gasteiger partial charge in [0.05, 0.1) is 26.1 Å². The van der Waals surface area contributed by atoms with Crippen molar-refractivity contribution in [2.24, 2.45) is 15.3 Å². The number of hydrogen-bond acceptors (Lipinski definition) is 12. The zero-order chi connectivity index (χ0) is 44.6. The lowest BCUT2D eigenvalue weighted by Crippen LogP contribution is -2.31. The molecule has 0 aliphatic carbocycles. The average Bonchev–Trinajstić information content (AvgIpc) is 3.25. The minimum Gasteiger partial charge on any atom is -0.481 e. The molecule has 0 radical (unpaired) electrons. The van der Waals surface area contributed by atoms with Crippen molar-refractivity contribution in [3.63, 3.8) is 0 Å². The van der Waals surface area contributed by atoms with Gasteiger partial charge in [-0.05, 0) is 134 Å². The number of aliphatic hydroxyl groups is 1. The second-order valence-corrected chi connectivity index (χ2v) is 24.1. The van der Waals surface area contributed by atoms with Gasteiger partial charge in [0.25, 0.3) is 0 Å². The zero-order valence-corrected chi connectivity index (χ0v) is 40.9. The topological polar surface area (TPSA) is 163 Å². The van der Waals surface area contributed by atoms with Crippen LogP contribution >= 0.6 is 21.3 Å². The van der Waals surface area contributed by atoms with Gasteiger partial charge in [-0.1, -0.05) is 75.8 Å². The number of azide groups is 1. The van der Waals surface area contributed by atoms with E-state index in [-0.39, 0.29) is 0 Å². The van der Waals surface area contributed by atoms with E-state index < -0.39 is 43.5 Å². The largest absolute Gasteiger partial charge is 0.481 e. The Labute approximate surface area is 367 Å². The smallest absolute Gasteiger partial charge is 0.362 e. The van der Waals surface area contributed by atoms with Gasteiger partial charge < -0.3 is 28.4 Å². The summed E-state index contributed by atoms with van der Waals surface area (Å²) in [5, 5.41) is 22.5. The van der Waals surface area contributed by atoms with Gasteiger partial charge in [0, 0.05) is 33.2 Å². The summed E-state index contributed by atoms with van der Waals surface area (Å²) in [5.74, 6) is 0.443. The molecule has 330 valence electrons. The molecule has 14 nitrogen and oxygen atoms in total. The molecule has 0 saturated heterocycles. The molecular formula is C41H62N7O7P3S2. The third-order valence-electron chi connectivity index (χ3n) is 9.93. The number of hydrogen-bond donors (Lipinski definition) is 1. The Kier molecular flexibility index (Phi) is 20.3. The van der Waals surface area contributed by atoms with Crippen LogP contribution in [0.1, 0.15) is 109 Å². The van der Waals surface area contributed by atoms with Crippen LogP contribution < -0.4 is 14.2 Å². The highest BCUT2D eigenvalue weighted by Crippen LogP contribution is 2.58. The van der Waals surface area contributed by atoms with Crippen LogP contribution in [0.4, 0.5) is 0 Å². The lowest BCUT2D eigenvalue weighted by molar-refractivity contribution is 0.0835. The molecule has 0 amide bonds. The predicted octanol–water partition coefficient (Wildman–Crippen LogP) is 11.7. The van der Waals surface area contributed by atoms with Crippen LogP contribution in [0.15, 0.2) is 88.1 Å². The van der Waals surface area contributed by atoms with Crippen LogP contribution in [0, 0.1) is 0 Å². The Morgan fingerprint density at radius 2 is 1.20 bits per heavy atom. The third-order valence-corrected chi connectivity index (χ3v) is 20.0. The summed E-state index contributed by atoms with van der Waals surface area (Å²) in [4.78, 5) is 3.01. The van der Waals surface area contributed by atoms with E-state index in [1.54, 1.807) is 41.5 Å². The van der Waals surface area contributed by atoms with Crippen LogP contribution in [0.3, 0.4) is 0 Å². The number of ether oxygens (including phenoxy) is 3. The predicted molar refractivity (Wildman–Crippen MR) is 254 cm³/mol. The van der Waals surface area contributed by atoms with Gasteiger partial charge in [0.1, 0.15) is 27.9 Å². The molecule has 1 N–H and O–H groups in total. The summed E-state index contributed by atoms with van der Waals surface area (Å²) >= 11 is 12.1. The fraction of sp³-hybridized carbons (Fsp3) is 0.512. The first-order chi connectivity index (χ1) is 28.4. The molecule has 3 rings (SSSR count). The van der Waals surface area contributed by atoms with Crippen LogP contribution in [0.25, 0.3) is 10.4 Å². The van der Waals surface area contributed by atoms with E-state index >= 15 is 0 Å². The molecule has 3 aromatic carbocycles. The number of nitrogens with zero attached hydrogens (tertiary/aromatic N) is 7. The molecule has 19 heteroatoms. The normalized spacial score (nSPS) is 16.4. The summed E-state index contributed by atoms with van der Waals surface area (Å²) < 4.78 is 45.3. The molecule has 3 aromatic rings. The molecule has 6 unspecified atom stereocenters. The van der Waals surface area contributed by atoms with Crippen molar-refractivity contribution >= 4 is 57.3 Å². The summed E-state index contributed by atoms with van der Waals surface area (Å²) in [6.07, 6.45) is 9.47. The van der Waals surface area contributed by atoms with Gasteiger partial charge >= 0.3 is 7.60 Å². The molecule has 60 heavy (non-hydrogen) atoms. The standard InChI is InChI=1S/C41H62N7O7P3S2/c1-11-14-15-29-39(4,45-46-42)53-35-22-16-32(17-23-35)31-44-48(8)57(60)41(6,28-12-2)55-36-24-18-33(19-25-36)30-43-47(7)56(59)40(5,13-3)54-37-26-20-34(21-27-37)38(49)58(50,51-9)52-10/h16-27,30-31,38,49,56-57H,11-15,28-29H2,1-10H3/b43-30+,44-31+. The second kappa shape index (κ2) is 23.8. The minimum absolute atomic E-state index is 0.379. The summed E-state index contributed by atoms with van der Waals surface area (Å²) in [5.41, 5.74) is 10.3. The molecule has 0 fully saturated rings. The van der Waals surface area contributed by atoms with Gasteiger partial charge in [-0.2, -0.15) is 10.2 Å². The SMILES string of the molecule is CCCCCC(C)(N=[N+]=[N-])Oc1ccc(/C=N/N(C)[PH](=S)C(C)(CCC)Oc2ccc(/C=N/N(C)[PH](=S)C(C)(CC)Oc3ccc(C(O)P(=O)(OC)OC)cc3)cc2)cc1. The maximum Gasteiger partial charge on any atom is 0.362 e. The van der Waals surface area contributed by atoms with Crippen molar-refractivity contribution in [3.05, 3.63) is 99.9 Å². The quantitative estimate of drug-likeness (QED) is 0.0155. The summed E-state index contributed by atoms with van der Waals surface area (Å²) in [6.45, 7) is 8.58. The van der Waals surface area contributed by atoms with E-state index in [0.717, 1.165) is 43.2 Å². The van der Waals surface area contributed by atoms with E-state index in [1.165, 1.54) is 14.2 Å². The van der Waals surface area contributed by atoms with E-state index in [4.69, 9.17) is 57.5 Å². The van der Waals surface area contributed by atoms with Crippen molar-refractivity contribution < 1.29 is 32.9 Å². The van der Waals surface area contributed by atoms with Crippen molar-refractivity contribution in [2.75, 3.05) is 28.3 Å². The highest BCUT2D eigenvalue weighted by Gasteiger charge is 2.35. The lowest BCUT2D eigenvalue weighted by Gasteiger charge is -2.35. The molecule has 6 atom stereocenters. The van der Waals surface area contributed by atoms with Crippen molar-refractivity contribution in [3.8, 4) is 17.2 Å². The third kappa shape index (κ3) is 14.4. The van der Waals surface area contributed by atoms with Gasteiger partial charge in [0.2, 0.25) is 0 Å². The Morgan fingerprint density at radius 3 is 1.63 bits per heavy atom. The number of benzene rings is 3. The number of unbranched alkanes of at least 4 members (excludes halogenated alkanes) is 2. The van der Waals surface area contributed by atoms with E-state index in [1.807, 2.05) is 88.2 Å². The van der Waals surface area contributed by atoms with Crippen LogP contribution in [0.2, 0.25) is 0 Å². The molecule has 0 heterocycles. The lowest BCUT2D eigenvalue weighted by atomic mass is 10.1. The summed E-state index contributed by atoms with van der Waals surface area (Å²) in [7, 11) is 2.50. The van der Waals surface area contributed by atoms with Gasteiger partial charge in [-0.3, -0.25) is 14.1 Å². The molecule has 0 saturated carbocycles. The van der Waals surface area contributed by atoms with Gasteiger partial charge in [-0.15, -0.1) is 0 Å². The molecule has 0 spiro atoms. The molecule has 0 aliphatic heterocycles. The zero-order valence-electron chi connectivity index (χ0n) is 36.4. The fourth-order valence-corrected chi connectivity index (χ4v) is 11.4. The van der Waals surface area contributed by atoms with Gasteiger partial charge in [0.15, 0.2) is 11.6 Å². The van der Waals surface area contributed by atoms with Crippen molar-refractivity contribution in [2.45, 2.75) is 109 Å². The molecule has 0 bridgehead atoms. The Bertz CT molecular complexity index is 2020. The molecular weight excluding hydrogens is 860 g/mol. The van der Waals surface area contributed by atoms with Crippen molar-refractivity contribution in [1.29, 1.82) is 0 Å². The first kappa shape index (κ1) is 51.1. The van der Waals surface area contributed by atoms with Crippen LogP contribution in [-0.2, 0) is 37.2 Å². The molecule has 0 aromatic heterocycles. The monoisotopic (exact) mass is 921 g/mol. The summed E-state index contributed by atoms with van der Waals surface area (Å²) in [6, 6.07) is 21.9. The van der Waals surface area contributed by atoms with Crippen LogP contribution in [0.5, 0.6) is 17.2 Å².